The van der Waals surface area contributed by atoms with Gasteiger partial charge in [0.2, 0.25) is 5.91 Å². The summed E-state index contributed by atoms with van der Waals surface area (Å²) in [6, 6.07) is 10.5. The Morgan fingerprint density at radius 1 is 1.42 bits per heavy atom. The van der Waals surface area contributed by atoms with Crippen LogP contribution in [0.5, 0.6) is 0 Å². The summed E-state index contributed by atoms with van der Waals surface area (Å²) in [5.74, 6) is 1.31. The molecule has 0 spiro atoms. The van der Waals surface area contributed by atoms with Gasteiger partial charge in [0.15, 0.2) is 0 Å². The van der Waals surface area contributed by atoms with E-state index in [9.17, 15) is 4.79 Å². The SMILES string of the molecule is CN1CCC(c2ccccc2)CC1C(=O)NCCS. The molecule has 1 aliphatic heterocycles. The molecule has 2 rings (SSSR count). The number of hydrogen-bond donors (Lipinski definition) is 2. The van der Waals surface area contributed by atoms with E-state index in [-0.39, 0.29) is 11.9 Å². The highest BCUT2D eigenvalue weighted by Gasteiger charge is 2.31. The topological polar surface area (TPSA) is 32.3 Å². The van der Waals surface area contributed by atoms with Gasteiger partial charge in [-0.05, 0) is 37.9 Å². The highest BCUT2D eigenvalue weighted by molar-refractivity contribution is 7.80. The second-order valence-electron chi connectivity index (χ2n) is 5.14. The number of amides is 1. The van der Waals surface area contributed by atoms with Crippen LogP contribution in [0.2, 0.25) is 0 Å². The highest BCUT2D eigenvalue weighted by Crippen LogP contribution is 2.30. The average Bonchev–Trinajstić information content (AvgIpc) is 2.46. The van der Waals surface area contributed by atoms with Gasteiger partial charge in [-0.1, -0.05) is 30.3 Å². The summed E-state index contributed by atoms with van der Waals surface area (Å²) < 4.78 is 0. The largest absolute Gasteiger partial charge is 0.354 e. The van der Waals surface area contributed by atoms with Crippen molar-refractivity contribution in [2.24, 2.45) is 0 Å². The first-order valence-electron chi connectivity index (χ1n) is 6.86. The van der Waals surface area contributed by atoms with Crippen molar-refractivity contribution in [2.45, 2.75) is 24.8 Å². The van der Waals surface area contributed by atoms with Crippen LogP contribution in [0, 0.1) is 0 Å². The zero-order valence-electron chi connectivity index (χ0n) is 11.4. The fourth-order valence-corrected chi connectivity index (χ4v) is 2.83. The summed E-state index contributed by atoms with van der Waals surface area (Å²) >= 11 is 4.13. The van der Waals surface area contributed by atoms with Gasteiger partial charge in [0.25, 0.3) is 0 Å². The minimum absolute atomic E-state index is 0.0150. The first-order valence-corrected chi connectivity index (χ1v) is 7.49. The van der Waals surface area contributed by atoms with E-state index in [4.69, 9.17) is 0 Å². The molecule has 1 aliphatic rings. The summed E-state index contributed by atoms with van der Waals surface area (Å²) in [6.45, 7) is 1.61. The molecule has 19 heavy (non-hydrogen) atoms. The third-order valence-electron chi connectivity index (χ3n) is 3.85. The van der Waals surface area contributed by atoms with Crippen LogP contribution in [-0.2, 0) is 4.79 Å². The number of carbonyl (C=O) groups excluding carboxylic acids is 1. The van der Waals surface area contributed by atoms with E-state index >= 15 is 0 Å². The lowest BCUT2D eigenvalue weighted by molar-refractivity contribution is -0.127. The smallest absolute Gasteiger partial charge is 0.237 e. The molecular weight excluding hydrogens is 256 g/mol. The highest BCUT2D eigenvalue weighted by atomic mass is 32.1. The molecule has 0 aliphatic carbocycles. The molecule has 1 aromatic rings. The van der Waals surface area contributed by atoms with Crippen molar-refractivity contribution in [3.05, 3.63) is 35.9 Å². The number of rotatable bonds is 4. The first kappa shape index (κ1) is 14.4. The van der Waals surface area contributed by atoms with Crippen molar-refractivity contribution in [1.29, 1.82) is 0 Å². The van der Waals surface area contributed by atoms with E-state index in [2.05, 4.69) is 47.1 Å². The van der Waals surface area contributed by atoms with Gasteiger partial charge in [-0.2, -0.15) is 12.6 Å². The summed E-state index contributed by atoms with van der Waals surface area (Å²) in [6.07, 6.45) is 2.02. The number of nitrogens with zero attached hydrogens (tertiary/aromatic N) is 1. The summed E-state index contributed by atoms with van der Waals surface area (Å²) in [7, 11) is 2.03. The third kappa shape index (κ3) is 3.74. The Kier molecular flexibility index (Phi) is 5.28. The van der Waals surface area contributed by atoms with Gasteiger partial charge in [-0.15, -0.1) is 0 Å². The molecule has 0 bridgehead atoms. The van der Waals surface area contributed by atoms with Crippen molar-refractivity contribution in [1.82, 2.24) is 10.2 Å². The lowest BCUT2D eigenvalue weighted by Gasteiger charge is -2.36. The van der Waals surface area contributed by atoms with Gasteiger partial charge in [-0.25, -0.2) is 0 Å². The minimum atomic E-state index is -0.0150. The molecule has 0 saturated carbocycles. The molecule has 2 unspecified atom stereocenters. The maximum atomic E-state index is 12.2. The van der Waals surface area contributed by atoms with Crippen molar-refractivity contribution in [2.75, 3.05) is 25.9 Å². The molecule has 0 aromatic heterocycles. The Bertz CT molecular complexity index is 410. The normalized spacial score (nSPS) is 24.1. The zero-order valence-corrected chi connectivity index (χ0v) is 12.3. The third-order valence-corrected chi connectivity index (χ3v) is 4.08. The second kappa shape index (κ2) is 6.96. The molecule has 1 saturated heterocycles. The molecule has 2 atom stereocenters. The summed E-state index contributed by atoms with van der Waals surface area (Å²) in [4.78, 5) is 14.3. The average molecular weight is 278 g/mol. The van der Waals surface area contributed by atoms with Crippen LogP contribution >= 0.6 is 12.6 Å². The van der Waals surface area contributed by atoms with Gasteiger partial charge in [0, 0.05) is 12.3 Å². The number of benzene rings is 1. The molecule has 3 nitrogen and oxygen atoms in total. The van der Waals surface area contributed by atoms with Gasteiger partial charge >= 0.3 is 0 Å². The Morgan fingerprint density at radius 3 is 2.84 bits per heavy atom. The molecular formula is C15H22N2OS. The van der Waals surface area contributed by atoms with Crippen LogP contribution in [0.4, 0.5) is 0 Å². The molecule has 1 aromatic carbocycles. The Labute approximate surface area is 120 Å². The maximum Gasteiger partial charge on any atom is 0.237 e. The van der Waals surface area contributed by atoms with E-state index in [1.165, 1.54) is 5.56 Å². The molecule has 1 N–H and O–H groups in total. The van der Waals surface area contributed by atoms with E-state index in [0.29, 0.717) is 18.2 Å². The lowest BCUT2D eigenvalue weighted by atomic mass is 9.85. The van der Waals surface area contributed by atoms with E-state index in [1.54, 1.807) is 0 Å². The van der Waals surface area contributed by atoms with Crippen LogP contribution in [0.1, 0.15) is 24.3 Å². The predicted octanol–water partition coefficient (Wildman–Crippen LogP) is 1.91. The number of hydrogen-bond acceptors (Lipinski definition) is 3. The van der Waals surface area contributed by atoms with Crippen LogP contribution in [-0.4, -0.2) is 42.7 Å². The van der Waals surface area contributed by atoms with Gasteiger partial charge in [0.05, 0.1) is 6.04 Å². The fraction of sp³-hybridized carbons (Fsp3) is 0.533. The number of piperidine rings is 1. The van der Waals surface area contributed by atoms with Crippen LogP contribution in [0.15, 0.2) is 30.3 Å². The Hall–Kier alpha value is -1.00. The summed E-state index contributed by atoms with van der Waals surface area (Å²) in [5.41, 5.74) is 1.35. The van der Waals surface area contributed by atoms with E-state index in [1.807, 2.05) is 13.1 Å². The van der Waals surface area contributed by atoms with Crippen molar-refractivity contribution in [3.63, 3.8) is 0 Å². The minimum Gasteiger partial charge on any atom is -0.354 e. The monoisotopic (exact) mass is 278 g/mol. The molecule has 4 heteroatoms. The van der Waals surface area contributed by atoms with Crippen LogP contribution in [0.3, 0.4) is 0 Å². The van der Waals surface area contributed by atoms with Crippen molar-refractivity contribution >= 4 is 18.5 Å². The number of thiol groups is 1. The van der Waals surface area contributed by atoms with Crippen molar-refractivity contribution in [3.8, 4) is 0 Å². The van der Waals surface area contributed by atoms with Crippen LogP contribution in [0.25, 0.3) is 0 Å². The molecule has 1 amide bonds. The molecule has 104 valence electrons. The van der Waals surface area contributed by atoms with E-state index in [0.717, 1.165) is 19.4 Å². The van der Waals surface area contributed by atoms with Crippen molar-refractivity contribution < 1.29 is 4.79 Å². The zero-order chi connectivity index (χ0) is 13.7. The lowest BCUT2D eigenvalue weighted by Crippen LogP contribution is -2.49. The maximum absolute atomic E-state index is 12.2. The summed E-state index contributed by atoms with van der Waals surface area (Å²) in [5, 5.41) is 2.95. The predicted molar refractivity (Wildman–Crippen MR) is 81.7 cm³/mol. The van der Waals surface area contributed by atoms with Gasteiger partial charge < -0.3 is 5.32 Å². The Balaban J connectivity index is 2.02. The molecule has 0 radical (unpaired) electrons. The van der Waals surface area contributed by atoms with Crippen LogP contribution < -0.4 is 5.32 Å². The molecule has 1 fully saturated rings. The van der Waals surface area contributed by atoms with Gasteiger partial charge in [0.1, 0.15) is 0 Å². The molecule has 1 heterocycles. The quantitative estimate of drug-likeness (QED) is 0.825. The number of likely N-dealkylation sites (N-methyl/N-ethyl adjacent to an activating group) is 1. The fourth-order valence-electron chi connectivity index (χ4n) is 2.71. The number of likely N-dealkylation sites (tertiary alicyclic amines) is 1. The second-order valence-corrected chi connectivity index (χ2v) is 5.59. The standard InChI is InChI=1S/C15H22N2OS/c1-17-9-7-13(12-5-3-2-4-6-12)11-14(17)15(18)16-8-10-19/h2-6,13-14,19H,7-11H2,1H3,(H,16,18). The number of nitrogens with one attached hydrogen (secondary N) is 1. The number of carbonyl (C=O) groups is 1. The first-order chi connectivity index (χ1) is 9.22. The Morgan fingerprint density at radius 2 is 2.16 bits per heavy atom. The van der Waals surface area contributed by atoms with Gasteiger partial charge in [-0.3, -0.25) is 9.69 Å². The van der Waals surface area contributed by atoms with E-state index < -0.39 is 0 Å².